The number of halogens is 1. The molecule has 0 aliphatic carbocycles. The Morgan fingerprint density at radius 3 is 2.70 bits per heavy atom. The van der Waals surface area contributed by atoms with E-state index in [1.165, 1.54) is 0 Å². The minimum absolute atomic E-state index is 0.337. The first-order valence-electron chi connectivity index (χ1n) is 6.82. The highest BCUT2D eigenvalue weighted by Crippen LogP contribution is 2.18. The van der Waals surface area contributed by atoms with E-state index in [9.17, 15) is 0 Å². The molecule has 1 atom stereocenters. The van der Waals surface area contributed by atoms with E-state index < -0.39 is 0 Å². The molecule has 20 heavy (non-hydrogen) atoms. The van der Waals surface area contributed by atoms with Gasteiger partial charge in [0.05, 0.1) is 0 Å². The van der Waals surface area contributed by atoms with Gasteiger partial charge in [0, 0.05) is 23.9 Å². The lowest BCUT2D eigenvalue weighted by molar-refractivity contribution is 0.333. The second-order valence-electron chi connectivity index (χ2n) is 5.22. The monoisotopic (exact) mass is 293 g/mol. The molecule has 2 aromatic rings. The van der Waals surface area contributed by atoms with E-state index in [0.29, 0.717) is 30.1 Å². The van der Waals surface area contributed by atoms with Crippen LogP contribution in [0.5, 0.6) is 0 Å². The van der Waals surface area contributed by atoms with Crippen LogP contribution in [0.2, 0.25) is 5.02 Å². The Hall–Kier alpha value is -1.39. The summed E-state index contributed by atoms with van der Waals surface area (Å²) >= 11 is 6.13. The summed E-state index contributed by atoms with van der Waals surface area (Å²) in [5.41, 5.74) is 1.01. The van der Waals surface area contributed by atoms with E-state index in [1.54, 1.807) is 0 Å². The molecule has 0 radical (unpaired) electrons. The molecule has 0 bridgehead atoms. The van der Waals surface area contributed by atoms with E-state index >= 15 is 0 Å². The van der Waals surface area contributed by atoms with Gasteiger partial charge in [-0.05, 0) is 24.6 Å². The lowest BCUT2D eigenvalue weighted by Crippen LogP contribution is -2.32. The summed E-state index contributed by atoms with van der Waals surface area (Å²) in [6.45, 7) is 4.34. The van der Waals surface area contributed by atoms with Crippen molar-refractivity contribution in [2.75, 3.05) is 7.05 Å². The number of rotatable bonds is 6. The van der Waals surface area contributed by atoms with E-state index in [0.717, 1.165) is 17.0 Å². The molecular weight excluding hydrogens is 274 g/mol. The van der Waals surface area contributed by atoms with E-state index in [-0.39, 0.29) is 0 Å². The SMILES string of the molecule is CNC(Cc1nc(Cc2ccccc2Cl)no1)C(C)C. The number of likely N-dealkylation sites (N-methyl/N-ethyl adjacent to an activating group) is 1. The molecule has 0 spiro atoms. The molecule has 1 aromatic heterocycles. The normalized spacial score (nSPS) is 12.8. The van der Waals surface area contributed by atoms with Crippen LogP contribution in [0.1, 0.15) is 31.1 Å². The number of hydrogen-bond donors (Lipinski definition) is 1. The molecule has 0 saturated heterocycles. The Bertz CT molecular complexity index is 554. The third-order valence-corrected chi connectivity index (χ3v) is 3.76. The highest BCUT2D eigenvalue weighted by Gasteiger charge is 2.16. The van der Waals surface area contributed by atoms with Crippen molar-refractivity contribution in [2.24, 2.45) is 5.92 Å². The minimum atomic E-state index is 0.337. The number of aromatic nitrogens is 2. The smallest absolute Gasteiger partial charge is 0.228 e. The minimum Gasteiger partial charge on any atom is -0.339 e. The van der Waals surface area contributed by atoms with Gasteiger partial charge in [0.2, 0.25) is 5.89 Å². The largest absolute Gasteiger partial charge is 0.339 e. The molecule has 5 heteroatoms. The molecule has 2 rings (SSSR count). The van der Waals surface area contributed by atoms with E-state index in [2.05, 4.69) is 29.3 Å². The van der Waals surface area contributed by atoms with Crippen molar-refractivity contribution in [1.29, 1.82) is 0 Å². The van der Waals surface area contributed by atoms with Gasteiger partial charge in [-0.1, -0.05) is 48.8 Å². The topological polar surface area (TPSA) is 51.0 Å². The Labute approximate surface area is 124 Å². The van der Waals surface area contributed by atoms with Crippen LogP contribution < -0.4 is 5.32 Å². The predicted molar refractivity (Wildman–Crippen MR) is 79.9 cm³/mol. The molecule has 0 saturated carbocycles. The second-order valence-corrected chi connectivity index (χ2v) is 5.62. The third kappa shape index (κ3) is 3.81. The molecule has 4 nitrogen and oxygen atoms in total. The average molecular weight is 294 g/mol. The predicted octanol–water partition coefficient (Wildman–Crippen LogP) is 3.10. The van der Waals surface area contributed by atoms with Crippen LogP contribution in [-0.4, -0.2) is 23.2 Å². The Kier molecular flexibility index (Phi) is 5.15. The van der Waals surface area contributed by atoms with Crippen LogP contribution in [0.4, 0.5) is 0 Å². The Morgan fingerprint density at radius 1 is 1.30 bits per heavy atom. The van der Waals surface area contributed by atoms with Gasteiger partial charge in [0.25, 0.3) is 0 Å². The third-order valence-electron chi connectivity index (χ3n) is 3.39. The average Bonchev–Trinajstić information content (AvgIpc) is 2.86. The van der Waals surface area contributed by atoms with Crippen LogP contribution in [0.15, 0.2) is 28.8 Å². The van der Waals surface area contributed by atoms with E-state index in [1.807, 2.05) is 31.3 Å². The summed E-state index contributed by atoms with van der Waals surface area (Å²) in [6, 6.07) is 8.05. The fraction of sp³-hybridized carbons (Fsp3) is 0.467. The highest BCUT2D eigenvalue weighted by atomic mass is 35.5. The molecule has 0 amide bonds. The van der Waals surface area contributed by atoms with Crippen molar-refractivity contribution < 1.29 is 4.52 Å². The van der Waals surface area contributed by atoms with Crippen LogP contribution in [0, 0.1) is 5.92 Å². The molecule has 0 aliphatic rings. The standard InChI is InChI=1S/C15H20ClN3O/c1-10(2)13(17-3)9-15-18-14(19-20-15)8-11-6-4-5-7-12(11)16/h4-7,10,13,17H,8-9H2,1-3H3. The summed E-state index contributed by atoms with van der Waals surface area (Å²) in [7, 11) is 1.95. The van der Waals surface area contributed by atoms with Crippen molar-refractivity contribution in [1.82, 2.24) is 15.5 Å². The summed E-state index contributed by atoms with van der Waals surface area (Å²) in [4.78, 5) is 4.44. The Morgan fingerprint density at radius 2 is 2.05 bits per heavy atom. The lowest BCUT2D eigenvalue weighted by atomic mass is 10.0. The van der Waals surface area contributed by atoms with Crippen molar-refractivity contribution in [3.05, 3.63) is 46.6 Å². The molecule has 108 valence electrons. The first-order chi connectivity index (χ1) is 9.60. The van der Waals surface area contributed by atoms with Gasteiger partial charge in [-0.15, -0.1) is 0 Å². The van der Waals surface area contributed by atoms with Crippen LogP contribution >= 0.6 is 11.6 Å². The first kappa shape index (κ1) is 15.0. The quantitative estimate of drug-likeness (QED) is 0.889. The summed E-state index contributed by atoms with van der Waals surface area (Å²) in [5, 5.41) is 8.03. The van der Waals surface area contributed by atoms with Crippen LogP contribution in [0.3, 0.4) is 0 Å². The van der Waals surface area contributed by atoms with Crippen LogP contribution in [-0.2, 0) is 12.8 Å². The maximum atomic E-state index is 6.13. The zero-order valence-corrected chi connectivity index (χ0v) is 12.8. The number of hydrogen-bond acceptors (Lipinski definition) is 4. The maximum absolute atomic E-state index is 6.13. The van der Waals surface area contributed by atoms with Crippen molar-refractivity contribution in [3.8, 4) is 0 Å². The van der Waals surface area contributed by atoms with Gasteiger partial charge in [-0.2, -0.15) is 4.98 Å². The van der Waals surface area contributed by atoms with Gasteiger partial charge in [-0.3, -0.25) is 0 Å². The molecule has 1 heterocycles. The van der Waals surface area contributed by atoms with Gasteiger partial charge in [-0.25, -0.2) is 0 Å². The van der Waals surface area contributed by atoms with E-state index in [4.69, 9.17) is 16.1 Å². The number of benzene rings is 1. The first-order valence-corrected chi connectivity index (χ1v) is 7.20. The van der Waals surface area contributed by atoms with Gasteiger partial charge in [0.15, 0.2) is 5.82 Å². The lowest BCUT2D eigenvalue weighted by Gasteiger charge is -2.17. The number of nitrogens with one attached hydrogen (secondary N) is 1. The highest BCUT2D eigenvalue weighted by molar-refractivity contribution is 6.31. The molecule has 1 N–H and O–H groups in total. The maximum Gasteiger partial charge on any atom is 0.228 e. The van der Waals surface area contributed by atoms with Gasteiger partial charge >= 0.3 is 0 Å². The van der Waals surface area contributed by atoms with Crippen molar-refractivity contribution >= 4 is 11.6 Å². The second kappa shape index (κ2) is 6.86. The number of nitrogens with zero attached hydrogens (tertiary/aromatic N) is 2. The summed E-state index contributed by atoms with van der Waals surface area (Å²) in [5.74, 6) is 1.85. The fourth-order valence-corrected chi connectivity index (χ4v) is 2.32. The molecule has 1 aromatic carbocycles. The van der Waals surface area contributed by atoms with Crippen molar-refractivity contribution in [3.63, 3.8) is 0 Å². The molecule has 0 aliphatic heterocycles. The molecule has 0 fully saturated rings. The fourth-order valence-electron chi connectivity index (χ4n) is 2.12. The van der Waals surface area contributed by atoms with Gasteiger partial charge < -0.3 is 9.84 Å². The summed E-state index contributed by atoms with van der Waals surface area (Å²) < 4.78 is 5.32. The van der Waals surface area contributed by atoms with Crippen molar-refractivity contribution in [2.45, 2.75) is 32.7 Å². The zero-order valence-electron chi connectivity index (χ0n) is 12.1. The Balaban J connectivity index is 2.04. The zero-order chi connectivity index (χ0) is 14.5. The van der Waals surface area contributed by atoms with Crippen LogP contribution in [0.25, 0.3) is 0 Å². The van der Waals surface area contributed by atoms with Gasteiger partial charge in [0.1, 0.15) is 0 Å². The summed E-state index contributed by atoms with van der Waals surface area (Å²) in [6.07, 6.45) is 1.33. The molecule has 1 unspecified atom stereocenters. The molecular formula is C15H20ClN3O.